The Morgan fingerprint density at radius 1 is 0.920 bits per heavy atom. The highest BCUT2D eigenvalue weighted by Crippen LogP contribution is 2.26. The van der Waals surface area contributed by atoms with Gasteiger partial charge in [0.1, 0.15) is 0 Å². The summed E-state index contributed by atoms with van der Waals surface area (Å²) in [6, 6.07) is 16.6. The van der Waals surface area contributed by atoms with Crippen LogP contribution in [0.1, 0.15) is 27.7 Å². The fraction of sp³-hybridized carbons (Fsp3) is 0.158. The minimum atomic E-state index is -0.535. The van der Waals surface area contributed by atoms with Crippen LogP contribution in [-0.2, 0) is 4.74 Å². The van der Waals surface area contributed by atoms with Crippen LogP contribution in [0.4, 0.5) is 5.82 Å². The van der Waals surface area contributed by atoms with Gasteiger partial charge in [-0.05, 0) is 29.8 Å². The Labute approximate surface area is 146 Å². The molecule has 126 valence electrons. The van der Waals surface area contributed by atoms with Gasteiger partial charge in [0.05, 0.1) is 0 Å². The molecule has 0 aliphatic carbocycles. The first-order valence-corrected chi connectivity index (χ1v) is 7.82. The Morgan fingerprint density at radius 3 is 2.20 bits per heavy atom. The summed E-state index contributed by atoms with van der Waals surface area (Å²) in [7, 11) is 3.72. The maximum Gasteiger partial charge on any atom is 0.359 e. The van der Waals surface area contributed by atoms with E-state index in [2.05, 4.69) is 15.2 Å². The van der Waals surface area contributed by atoms with Crippen molar-refractivity contribution in [1.29, 1.82) is 0 Å². The highest BCUT2D eigenvalue weighted by molar-refractivity contribution is 5.87. The number of carbonyl (C=O) groups is 1. The number of hydrogen-bond acceptors (Lipinski definition) is 6. The molecule has 1 aromatic carbocycles. The van der Waals surface area contributed by atoms with Crippen LogP contribution in [0.2, 0.25) is 0 Å². The van der Waals surface area contributed by atoms with Crippen molar-refractivity contribution in [2.45, 2.75) is 6.10 Å². The lowest BCUT2D eigenvalue weighted by atomic mass is 10.0. The number of aromatic nitrogens is 3. The average Bonchev–Trinajstić information content (AvgIpc) is 2.67. The molecule has 0 aliphatic rings. The van der Waals surface area contributed by atoms with Crippen LogP contribution in [0.15, 0.2) is 67.0 Å². The van der Waals surface area contributed by atoms with E-state index in [4.69, 9.17) is 4.74 Å². The smallest absolute Gasteiger partial charge is 0.359 e. The number of carbonyl (C=O) groups excluding carboxylic acids is 1. The van der Waals surface area contributed by atoms with Crippen molar-refractivity contribution in [3.63, 3.8) is 0 Å². The number of rotatable bonds is 5. The highest BCUT2D eigenvalue weighted by Gasteiger charge is 2.21. The van der Waals surface area contributed by atoms with Gasteiger partial charge < -0.3 is 9.64 Å². The monoisotopic (exact) mass is 334 g/mol. The van der Waals surface area contributed by atoms with Crippen molar-refractivity contribution < 1.29 is 9.53 Å². The number of anilines is 1. The van der Waals surface area contributed by atoms with Gasteiger partial charge in [0.2, 0.25) is 0 Å². The lowest BCUT2D eigenvalue weighted by molar-refractivity contribution is 0.0369. The zero-order valence-electron chi connectivity index (χ0n) is 14.0. The van der Waals surface area contributed by atoms with Gasteiger partial charge >= 0.3 is 5.97 Å². The number of ether oxygens (including phenoxy) is 1. The summed E-state index contributed by atoms with van der Waals surface area (Å²) in [6.45, 7) is 0. The van der Waals surface area contributed by atoms with Gasteiger partial charge in [-0.3, -0.25) is 4.98 Å². The number of hydrogen-bond donors (Lipinski definition) is 0. The molecule has 0 spiro atoms. The Hall–Kier alpha value is -3.28. The van der Waals surface area contributed by atoms with E-state index < -0.39 is 12.1 Å². The van der Waals surface area contributed by atoms with E-state index in [1.807, 2.05) is 61.5 Å². The van der Waals surface area contributed by atoms with Crippen LogP contribution in [0.3, 0.4) is 0 Å². The van der Waals surface area contributed by atoms with E-state index >= 15 is 0 Å². The van der Waals surface area contributed by atoms with E-state index in [9.17, 15) is 4.79 Å². The minimum absolute atomic E-state index is 0.167. The minimum Gasteiger partial charge on any atom is -0.448 e. The zero-order chi connectivity index (χ0) is 17.6. The molecule has 0 saturated heterocycles. The lowest BCUT2D eigenvalue weighted by Gasteiger charge is -2.18. The molecular formula is C19H18N4O2. The molecule has 2 aromatic heterocycles. The number of nitrogens with zero attached hydrogens (tertiary/aromatic N) is 4. The second-order valence-electron chi connectivity index (χ2n) is 5.65. The molecule has 3 aromatic rings. The van der Waals surface area contributed by atoms with Crippen molar-refractivity contribution in [2.75, 3.05) is 19.0 Å². The first-order valence-electron chi connectivity index (χ1n) is 7.82. The summed E-state index contributed by atoms with van der Waals surface area (Å²) in [4.78, 5) is 18.4. The van der Waals surface area contributed by atoms with Gasteiger partial charge in [-0.15, -0.1) is 10.2 Å². The van der Waals surface area contributed by atoms with Gasteiger partial charge in [0.25, 0.3) is 0 Å². The first-order chi connectivity index (χ1) is 12.1. The number of pyridine rings is 1. The van der Waals surface area contributed by atoms with Gasteiger partial charge in [0.15, 0.2) is 17.6 Å². The zero-order valence-corrected chi connectivity index (χ0v) is 14.0. The summed E-state index contributed by atoms with van der Waals surface area (Å²) in [5, 5.41) is 7.98. The van der Waals surface area contributed by atoms with Crippen LogP contribution in [0.5, 0.6) is 0 Å². The van der Waals surface area contributed by atoms with Crippen molar-refractivity contribution in [1.82, 2.24) is 15.2 Å². The van der Waals surface area contributed by atoms with Crippen molar-refractivity contribution >= 4 is 11.8 Å². The predicted octanol–water partition coefficient (Wildman–Crippen LogP) is 2.88. The summed E-state index contributed by atoms with van der Waals surface area (Å²) < 4.78 is 5.73. The van der Waals surface area contributed by atoms with E-state index in [0.29, 0.717) is 5.82 Å². The molecule has 6 nitrogen and oxygen atoms in total. The third kappa shape index (κ3) is 3.98. The standard InChI is InChI=1S/C19H18N4O2/c1-23(2)17-9-8-16(21-22-17)19(24)25-18(14-6-4-3-5-7-14)15-10-12-20-13-11-15/h3-13,18H,1-2H3/t18-/m0/s1. The quantitative estimate of drug-likeness (QED) is 0.668. The SMILES string of the molecule is CN(C)c1ccc(C(=O)O[C@@H](c2ccccc2)c2ccncc2)nn1. The van der Waals surface area contributed by atoms with Crippen LogP contribution in [-0.4, -0.2) is 35.2 Å². The molecular weight excluding hydrogens is 316 g/mol. The third-order valence-electron chi connectivity index (χ3n) is 3.65. The summed E-state index contributed by atoms with van der Waals surface area (Å²) in [6.07, 6.45) is 2.81. The maximum absolute atomic E-state index is 12.5. The molecule has 0 fully saturated rings. The number of esters is 1. The molecule has 0 N–H and O–H groups in total. The fourth-order valence-corrected chi connectivity index (χ4v) is 2.33. The highest BCUT2D eigenvalue weighted by atomic mass is 16.5. The van der Waals surface area contributed by atoms with Crippen LogP contribution in [0.25, 0.3) is 0 Å². The first kappa shape index (κ1) is 16.6. The summed E-state index contributed by atoms with van der Waals surface area (Å²) >= 11 is 0. The molecule has 6 heteroatoms. The molecule has 0 aliphatic heterocycles. The molecule has 0 unspecified atom stereocenters. The summed E-state index contributed by atoms with van der Waals surface area (Å²) in [5.74, 6) is 0.147. The molecule has 25 heavy (non-hydrogen) atoms. The molecule has 0 saturated carbocycles. The maximum atomic E-state index is 12.5. The van der Waals surface area contributed by atoms with E-state index in [1.54, 1.807) is 24.5 Å². The van der Waals surface area contributed by atoms with Gasteiger partial charge in [-0.25, -0.2) is 4.79 Å². The van der Waals surface area contributed by atoms with Crippen LogP contribution in [0, 0.1) is 0 Å². The van der Waals surface area contributed by atoms with Crippen molar-refractivity contribution in [2.24, 2.45) is 0 Å². The second kappa shape index (κ2) is 7.53. The molecule has 3 rings (SSSR count). The normalized spacial score (nSPS) is 11.6. The topological polar surface area (TPSA) is 68.2 Å². The van der Waals surface area contributed by atoms with Crippen molar-refractivity contribution in [3.8, 4) is 0 Å². The average molecular weight is 334 g/mol. The lowest BCUT2D eigenvalue weighted by Crippen LogP contribution is -2.16. The number of benzene rings is 1. The van der Waals surface area contributed by atoms with E-state index in [0.717, 1.165) is 11.1 Å². The van der Waals surface area contributed by atoms with Gasteiger partial charge in [-0.2, -0.15) is 0 Å². The van der Waals surface area contributed by atoms with Gasteiger partial charge in [-0.1, -0.05) is 30.3 Å². The molecule has 0 bridgehead atoms. The Kier molecular flexibility index (Phi) is 4.99. The molecule has 2 heterocycles. The summed E-state index contributed by atoms with van der Waals surface area (Å²) in [5.41, 5.74) is 1.88. The predicted molar refractivity (Wildman–Crippen MR) is 94.3 cm³/mol. The van der Waals surface area contributed by atoms with Gasteiger partial charge in [0, 0.05) is 32.1 Å². The Bertz CT molecular complexity index is 782. The Morgan fingerprint density at radius 2 is 1.60 bits per heavy atom. The van der Waals surface area contributed by atoms with Crippen LogP contribution < -0.4 is 4.90 Å². The largest absolute Gasteiger partial charge is 0.448 e. The molecule has 0 radical (unpaired) electrons. The Balaban J connectivity index is 1.86. The molecule has 0 amide bonds. The van der Waals surface area contributed by atoms with Crippen molar-refractivity contribution in [3.05, 3.63) is 83.8 Å². The molecule has 1 atom stereocenters. The second-order valence-corrected chi connectivity index (χ2v) is 5.65. The van der Waals surface area contributed by atoms with E-state index in [-0.39, 0.29) is 5.69 Å². The van der Waals surface area contributed by atoms with E-state index in [1.165, 1.54) is 0 Å². The third-order valence-corrected chi connectivity index (χ3v) is 3.65. The fourth-order valence-electron chi connectivity index (χ4n) is 2.33. The van der Waals surface area contributed by atoms with Crippen LogP contribution >= 0.6 is 0 Å².